The highest BCUT2D eigenvalue weighted by Crippen LogP contribution is 2.21. The van der Waals surface area contributed by atoms with Crippen LogP contribution in [-0.4, -0.2) is 31.6 Å². The van der Waals surface area contributed by atoms with Crippen molar-refractivity contribution in [1.82, 2.24) is 15.6 Å². The summed E-state index contributed by atoms with van der Waals surface area (Å²) in [7, 11) is 3.40. The van der Waals surface area contributed by atoms with Crippen LogP contribution in [0.2, 0.25) is 0 Å². The van der Waals surface area contributed by atoms with Crippen LogP contribution >= 0.6 is 0 Å². The number of hydrogen-bond donors (Lipinski definition) is 2. The molecule has 0 atom stereocenters. The average molecular weight is 326 g/mol. The topological polar surface area (TPSA) is 58.5 Å². The molecule has 128 valence electrons. The van der Waals surface area contributed by atoms with Crippen molar-refractivity contribution < 1.29 is 4.74 Å². The number of hydrogen-bond acceptors (Lipinski definition) is 3. The fourth-order valence-electron chi connectivity index (χ4n) is 2.44. The second-order valence-electron chi connectivity index (χ2n) is 6.20. The predicted molar refractivity (Wildman–Crippen MR) is 98.5 cm³/mol. The maximum Gasteiger partial charge on any atom is 0.218 e. The van der Waals surface area contributed by atoms with Crippen LogP contribution < -0.4 is 15.4 Å². The van der Waals surface area contributed by atoms with Gasteiger partial charge >= 0.3 is 0 Å². The molecule has 0 aliphatic heterocycles. The molecule has 5 heteroatoms. The molecule has 2 N–H and O–H groups in total. The molecule has 0 aliphatic carbocycles. The number of benzene rings is 1. The van der Waals surface area contributed by atoms with Crippen molar-refractivity contribution in [3.8, 4) is 5.88 Å². The summed E-state index contributed by atoms with van der Waals surface area (Å²) in [5.74, 6) is 1.38. The third-order valence-electron chi connectivity index (χ3n) is 3.97. The Morgan fingerprint density at radius 1 is 1.12 bits per heavy atom. The van der Waals surface area contributed by atoms with Gasteiger partial charge in [-0.05, 0) is 11.6 Å². The van der Waals surface area contributed by atoms with E-state index in [-0.39, 0.29) is 5.41 Å². The molecule has 0 bridgehead atoms. The average Bonchev–Trinajstić information content (AvgIpc) is 2.63. The van der Waals surface area contributed by atoms with Crippen LogP contribution in [0.15, 0.2) is 53.7 Å². The van der Waals surface area contributed by atoms with Gasteiger partial charge in [-0.15, -0.1) is 0 Å². The number of methoxy groups -OCH3 is 1. The number of rotatable bonds is 6. The Bertz CT molecular complexity index is 668. The monoisotopic (exact) mass is 326 g/mol. The first-order valence-electron chi connectivity index (χ1n) is 8.05. The lowest BCUT2D eigenvalue weighted by atomic mass is 9.85. The summed E-state index contributed by atoms with van der Waals surface area (Å²) in [6.07, 6.45) is 1.72. The molecule has 1 aromatic carbocycles. The Labute approximate surface area is 144 Å². The fourth-order valence-corrected chi connectivity index (χ4v) is 2.44. The summed E-state index contributed by atoms with van der Waals surface area (Å²) < 4.78 is 5.27. The van der Waals surface area contributed by atoms with Gasteiger partial charge in [0.25, 0.3) is 0 Å². The van der Waals surface area contributed by atoms with Crippen molar-refractivity contribution in [3.05, 3.63) is 59.8 Å². The molecular weight excluding hydrogens is 300 g/mol. The molecule has 0 radical (unpaired) electrons. The van der Waals surface area contributed by atoms with Gasteiger partial charge in [-0.1, -0.05) is 50.2 Å². The van der Waals surface area contributed by atoms with E-state index < -0.39 is 0 Å². The summed E-state index contributed by atoms with van der Waals surface area (Å²) in [4.78, 5) is 8.49. The van der Waals surface area contributed by atoms with Gasteiger partial charge in [0.1, 0.15) is 0 Å². The highest BCUT2D eigenvalue weighted by molar-refractivity contribution is 5.79. The van der Waals surface area contributed by atoms with Gasteiger partial charge in [-0.2, -0.15) is 0 Å². The van der Waals surface area contributed by atoms with Gasteiger partial charge in [0, 0.05) is 37.3 Å². The summed E-state index contributed by atoms with van der Waals surface area (Å²) >= 11 is 0. The zero-order chi connectivity index (χ0) is 17.4. The van der Waals surface area contributed by atoms with E-state index in [1.54, 1.807) is 20.4 Å². The predicted octanol–water partition coefficient (Wildman–Crippen LogP) is 2.73. The van der Waals surface area contributed by atoms with Gasteiger partial charge < -0.3 is 15.4 Å². The highest BCUT2D eigenvalue weighted by Gasteiger charge is 2.20. The van der Waals surface area contributed by atoms with Crippen LogP contribution in [0.3, 0.4) is 0 Å². The maximum absolute atomic E-state index is 5.27. The number of aromatic nitrogens is 1. The third kappa shape index (κ3) is 4.72. The van der Waals surface area contributed by atoms with Gasteiger partial charge in [-0.3, -0.25) is 4.99 Å². The number of guanidine groups is 1. The van der Waals surface area contributed by atoms with Gasteiger partial charge in [0.05, 0.1) is 7.11 Å². The molecule has 0 saturated carbocycles. The van der Waals surface area contributed by atoms with Crippen LogP contribution in [0.25, 0.3) is 0 Å². The summed E-state index contributed by atoms with van der Waals surface area (Å²) in [6.45, 7) is 5.81. The minimum atomic E-state index is 0.00483. The van der Waals surface area contributed by atoms with Crippen molar-refractivity contribution >= 4 is 5.96 Å². The standard InChI is InChI=1S/C19H26N4O/c1-19(2,16-10-6-5-7-11-16)14-23-18(20-3)22-13-15-9-8-12-21-17(15)24-4/h5-12H,13-14H2,1-4H3,(H2,20,22,23). The second kappa shape index (κ2) is 8.34. The molecule has 0 unspecified atom stereocenters. The summed E-state index contributed by atoms with van der Waals surface area (Å²) in [6, 6.07) is 14.4. The van der Waals surface area contributed by atoms with Crippen molar-refractivity contribution in [2.24, 2.45) is 4.99 Å². The lowest BCUT2D eigenvalue weighted by Gasteiger charge is -2.26. The van der Waals surface area contributed by atoms with Crippen LogP contribution in [0.5, 0.6) is 5.88 Å². The van der Waals surface area contributed by atoms with Crippen LogP contribution in [0.4, 0.5) is 0 Å². The zero-order valence-electron chi connectivity index (χ0n) is 14.8. The molecular formula is C19H26N4O. The van der Waals surface area contributed by atoms with E-state index in [4.69, 9.17) is 4.74 Å². The second-order valence-corrected chi connectivity index (χ2v) is 6.20. The first-order valence-corrected chi connectivity index (χ1v) is 8.05. The largest absolute Gasteiger partial charge is 0.481 e. The SMILES string of the molecule is CN=C(NCc1cccnc1OC)NCC(C)(C)c1ccccc1. The Balaban J connectivity index is 1.93. The summed E-state index contributed by atoms with van der Waals surface area (Å²) in [5.41, 5.74) is 2.29. The minimum absolute atomic E-state index is 0.00483. The van der Waals surface area contributed by atoms with Gasteiger partial charge in [-0.25, -0.2) is 4.98 Å². The van der Waals surface area contributed by atoms with E-state index in [1.807, 2.05) is 18.2 Å². The van der Waals surface area contributed by atoms with Crippen molar-refractivity contribution in [1.29, 1.82) is 0 Å². The molecule has 0 saturated heterocycles. The summed E-state index contributed by atoms with van der Waals surface area (Å²) in [5, 5.41) is 6.70. The molecule has 24 heavy (non-hydrogen) atoms. The number of pyridine rings is 1. The van der Waals surface area contributed by atoms with Crippen LogP contribution in [0, 0.1) is 0 Å². The van der Waals surface area contributed by atoms with Gasteiger partial charge in [0.15, 0.2) is 5.96 Å². The number of aliphatic imine (C=N–C) groups is 1. The molecule has 2 rings (SSSR count). The quantitative estimate of drug-likeness (QED) is 0.633. The van der Waals surface area contributed by atoms with Crippen LogP contribution in [0.1, 0.15) is 25.0 Å². The molecule has 0 aliphatic rings. The van der Waals surface area contributed by atoms with E-state index in [0.29, 0.717) is 12.4 Å². The fraction of sp³-hybridized carbons (Fsp3) is 0.368. The minimum Gasteiger partial charge on any atom is -0.481 e. The molecule has 0 spiro atoms. The molecule has 0 fully saturated rings. The number of nitrogens with one attached hydrogen (secondary N) is 2. The molecule has 1 aromatic heterocycles. The first kappa shape index (κ1) is 17.8. The van der Waals surface area contributed by atoms with E-state index >= 15 is 0 Å². The Morgan fingerprint density at radius 2 is 1.88 bits per heavy atom. The smallest absolute Gasteiger partial charge is 0.218 e. The molecule has 5 nitrogen and oxygen atoms in total. The first-order chi connectivity index (χ1) is 11.6. The Kier molecular flexibility index (Phi) is 6.18. The Hall–Kier alpha value is -2.56. The van der Waals surface area contributed by atoms with E-state index in [2.05, 4.69) is 58.7 Å². The van der Waals surface area contributed by atoms with Gasteiger partial charge in [0.2, 0.25) is 5.88 Å². The third-order valence-corrected chi connectivity index (χ3v) is 3.97. The lowest BCUT2D eigenvalue weighted by Crippen LogP contribution is -2.43. The zero-order valence-corrected chi connectivity index (χ0v) is 14.8. The van der Waals surface area contributed by atoms with Crippen LogP contribution in [-0.2, 0) is 12.0 Å². The number of ether oxygens (including phenoxy) is 1. The normalized spacial score (nSPS) is 11.9. The van der Waals surface area contributed by atoms with E-state index in [0.717, 1.165) is 18.1 Å². The molecule has 2 aromatic rings. The van der Waals surface area contributed by atoms with Crippen molar-refractivity contribution in [2.75, 3.05) is 20.7 Å². The lowest BCUT2D eigenvalue weighted by molar-refractivity contribution is 0.392. The van der Waals surface area contributed by atoms with E-state index in [1.165, 1.54) is 5.56 Å². The van der Waals surface area contributed by atoms with E-state index in [9.17, 15) is 0 Å². The molecule has 0 amide bonds. The van der Waals surface area contributed by atoms with Crippen molar-refractivity contribution in [3.63, 3.8) is 0 Å². The highest BCUT2D eigenvalue weighted by atomic mass is 16.5. The maximum atomic E-state index is 5.27. The number of nitrogens with zero attached hydrogens (tertiary/aromatic N) is 2. The van der Waals surface area contributed by atoms with Crippen molar-refractivity contribution in [2.45, 2.75) is 25.8 Å². The molecule has 1 heterocycles. The Morgan fingerprint density at radius 3 is 2.54 bits per heavy atom.